The number of aliphatic hydroxyl groups is 1. The van der Waals surface area contributed by atoms with Crippen molar-refractivity contribution in [1.82, 2.24) is 0 Å². The van der Waals surface area contributed by atoms with Gasteiger partial charge in [-0.1, -0.05) is 146 Å². The molecule has 1 aliphatic heterocycles. The summed E-state index contributed by atoms with van der Waals surface area (Å²) in [5.41, 5.74) is 5.37. The monoisotopic (exact) mass is 728 g/mol. The van der Waals surface area contributed by atoms with Crippen LogP contribution < -0.4 is 0 Å². The third-order valence-corrected chi connectivity index (χ3v) is 9.67. The molecule has 53 heavy (non-hydrogen) atoms. The molecule has 7 rings (SSSR count). The fourth-order valence-electron chi connectivity index (χ4n) is 6.92. The van der Waals surface area contributed by atoms with Gasteiger partial charge in [0.25, 0.3) is 0 Å². The molecule has 0 radical (unpaired) electrons. The lowest BCUT2D eigenvalue weighted by atomic mass is 9.84. The Labute approximate surface area is 313 Å². The van der Waals surface area contributed by atoms with Crippen LogP contribution in [0.25, 0.3) is 10.8 Å². The van der Waals surface area contributed by atoms with Gasteiger partial charge in [-0.15, -0.1) is 0 Å². The van der Waals surface area contributed by atoms with Gasteiger partial charge in [0.2, 0.25) is 5.79 Å². The summed E-state index contributed by atoms with van der Waals surface area (Å²) in [6.07, 6.45) is -3.29. The van der Waals surface area contributed by atoms with Crippen molar-refractivity contribution in [2.75, 3.05) is 6.61 Å². The Morgan fingerprint density at radius 1 is 0.528 bits per heavy atom. The van der Waals surface area contributed by atoms with Crippen molar-refractivity contribution in [3.63, 3.8) is 0 Å². The van der Waals surface area contributed by atoms with Gasteiger partial charge in [-0.05, 0) is 50.7 Å². The van der Waals surface area contributed by atoms with Crippen LogP contribution in [0.1, 0.15) is 33.4 Å². The van der Waals surface area contributed by atoms with Gasteiger partial charge in [-0.2, -0.15) is 0 Å². The van der Waals surface area contributed by atoms with Crippen molar-refractivity contribution < 1.29 is 33.3 Å². The molecule has 7 nitrogen and oxygen atoms in total. The highest BCUT2D eigenvalue weighted by Crippen LogP contribution is 2.44. The van der Waals surface area contributed by atoms with E-state index in [9.17, 15) is 5.11 Å². The van der Waals surface area contributed by atoms with E-state index in [4.69, 9.17) is 28.2 Å². The molecule has 0 aliphatic carbocycles. The summed E-state index contributed by atoms with van der Waals surface area (Å²) in [5, 5.41) is 15.1. The Balaban J connectivity index is 1.34. The number of ether oxygens (including phenoxy) is 5. The van der Waals surface area contributed by atoms with Crippen molar-refractivity contribution in [3.05, 3.63) is 191 Å². The molecule has 272 valence electrons. The predicted octanol–water partition coefficient (Wildman–Crippen LogP) is 8.66. The van der Waals surface area contributed by atoms with Crippen LogP contribution in [-0.2, 0) is 67.0 Å². The molecule has 1 aliphatic rings. The van der Waals surface area contributed by atoms with E-state index < -0.39 is 30.2 Å². The second kappa shape index (κ2) is 18.2. The predicted molar refractivity (Wildman–Crippen MR) is 208 cm³/mol. The van der Waals surface area contributed by atoms with Crippen LogP contribution in [0.15, 0.2) is 158 Å². The zero-order chi connectivity index (χ0) is 36.3. The molecule has 1 N–H and O–H groups in total. The average molecular weight is 729 g/mol. The van der Waals surface area contributed by atoms with Crippen LogP contribution in [0.4, 0.5) is 0 Å². The first-order valence-electron chi connectivity index (χ1n) is 17.9. The highest BCUT2D eigenvalue weighted by molar-refractivity contribution is 7.09. The third-order valence-electron chi connectivity index (χ3n) is 9.50. The van der Waals surface area contributed by atoms with Crippen molar-refractivity contribution >= 4 is 20.2 Å². The second-order valence-corrected chi connectivity index (χ2v) is 13.6. The van der Waals surface area contributed by atoms with E-state index in [2.05, 4.69) is 15.5 Å². The van der Waals surface area contributed by atoms with E-state index >= 15 is 0 Å². The quantitative estimate of drug-likeness (QED) is 0.100. The Bertz CT molecular complexity index is 2000. The lowest BCUT2D eigenvalue weighted by Crippen LogP contribution is -2.65. The highest BCUT2D eigenvalue weighted by atomic mass is 31.0. The maximum atomic E-state index is 13.3. The third kappa shape index (κ3) is 9.28. The van der Waals surface area contributed by atoms with Crippen molar-refractivity contribution in [2.24, 2.45) is 0 Å². The van der Waals surface area contributed by atoms with Crippen LogP contribution >= 0.6 is 9.47 Å². The summed E-state index contributed by atoms with van der Waals surface area (Å²) in [4.78, 5) is 0. The lowest BCUT2D eigenvalue weighted by molar-refractivity contribution is -0.378. The highest BCUT2D eigenvalue weighted by Gasteiger charge is 2.57. The lowest BCUT2D eigenvalue weighted by Gasteiger charge is -2.50. The molecule has 0 bridgehead atoms. The van der Waals surface area contributed by atoms with E-state index in [1.165, 1.54) is 0 Å². The Morgan fingerprint density at radius 3 is 1.58 bits per heavy atom. The molecule has 6 aromatic carbocycles. The summed E-state index contributed by atoms with van der Waals surface area (Å²) in [6, 6.07) is 51.8. The summed E-state index contributed by atoms with van der Waals surface area (Å²) in [6.45, 7) is 1.56. The van der Waals surface area contributed by atoms with Gasteiger partial charge in [0.05, 0.1) is 39.6 Å². The minimum Gasteiger partial charge on any atom is -0.374 e. The topological polar surface area (TPSA) is 75.6 Å². The van der Waals surface area contributed by atoms with Crippen LogP contribution in [0, 0.1) is 0 Å². The first kappa shape index (κ1) is 37.1. The van der Waals surface area contributed by atoms with Gasteiger partial charge < -0.3 is 33.3 Å². The van der Waals surface area contributed by atoms with Gasteiger partial charge in [0.1, 0.15) is 24.4 Å². The smallest absolute Gasteiger partial charge is 0.223 e. The summed E-state index contributed by atoms with van der Waals surface area (Å²) in [5.74, 6) is -2.00. The van der Waals surface area contributed by atoms with E-state index in [1.54, 1.807) is 0 Å². The summed E-state index contributed by atoms with van der Waals surface area (Å²) in [7, 11) is 2.31. The zero-order valence-electron chi connectivity index (χ0n) is 29.5. The summed E-state index contributed by atoms with van der Waals surface area (Å²) < 4.78 is 39.4. The van der Waals surface area contributed by atoms with E-state index in [1.807, 2.05) is 152 Å². The largest absolute Gasteiger partial charge is 0.374 e. The summed E-state index contributed by atoms with van der Waals surface area (Å²) >= 11 is 0. The standard InChI is InChI=1S/C45H45O7P/c46-45(40-26-37(31-51-53)25-38-23-13-14-24-39(38)40)44(50-30-36-21-11-4-12-22-36)43(49-29-35-19-9-3-10-20-35)42(48-28-34-17-7-2-8-18-34)41(52-45)32-47-27-33-15-5-1-6-16-33/h1-26,41-44,46H,27-32,53H2/t41-,42-,43+,44-,45?/m1/s1. The Hall–Kier alpha value is -4.27. The van der Waals surface area contributed by atoms with E-state index in [0.717, 1.165) is 38.6 Å². The molecule has 1 fully saturated rings. The van der Waals surface area contributed by atoms with Crippen LogP contribution in [0.2, 0.25) is 0 Å². The fraction of sp³-hybridized carbons (Fsp3) is 0.244. The molecule has 0 spiro atoms. The SMILES string of the molecule is OC1(c2cc(COP)cc3ccccc23)O[C@H](COCc2ccccc2)[C@@H](OCc2ccccc2)[C@H](OCc2ccccc2)[C@H]1OCc1ccccc1. The van der Waals surface area contributed by atoms with E-state index in [0.29, 0.717) is 25.4 Å². The fourth-order valence-corrected chi connectivity index (χ4v) is 7.11. The molecular formula is C45H45O7P. The minimum absolute atomic E-state index is 0.125. The molecule has 2 unspecified atom stereocenters. The van der Waals surface area contributed by atoms with Gasteiger partial charge in [-0.25, -0.2) is 0 Å². The first-order valence-corrected chi connectivity index (χ1v) is 18.4. The number of hydrogen-bond acceptors (Lipinski definition) is 7. The number of fused-ring (bicyclic) bond motifs is 1. The Kier molecular flexibility index (Phi) is 12.7. The van der Waals surface area contributed by atoms with Gasteiger partial charge in [0, 0.05) is 15.0 Å². The van der Waals surface area contributed by atoms with Crippen molar-refractivity contribution in [3.8, 4) is 0 Å². The van der Waals surface area contributed by atoms with Gasteiger partial charge in [0.15, 0.2) is 0 Å². The van der Waals surface area contributed by atoms with Crippen molar-refractivity contribution in [1.29, 1.82) is 0 Å². The number of hydrogen-bond donors (Lipinski definition) is 1. The number of benzene rings is 6. The van der Waals surface area contributed by atoms with E-state index in [-0.39, 0.29) is 19.8 Å². The molecule has 6 aromatic rings. The first-order chi connectivity index (χ1) is 26.1. The molecule has 0 amide bonds. The minimum atomic E-state index is -2.00. The van der Waals surface area contributed by atoms with Crippen LogP contribution in [0.5, 0.6) is 0 Å². The molecular weight excluding hydrogens is 683 g/mol. The molecule has 0 saturated carbocycles. The maximum Gasteiger partial charge on any atom is 0.223 e. The van der Waals surface area contributed by atoms with Gasteiger partial charge >= 0.3 is 0 Å². The van der Waals surface area contributed by atoms with Gasteiger partial charge in [-0.3, -0.25) is 0 Å². The normalized spacial score (nSPS) is 21.5. The maximum absolute atomic E-state index is 13.3. The molecule has 1 heterocycles. The zero-order valence-corrected chi connectivity index (χ0v) is 30.7. The number of rotatable bonds is 16. The second-order valence-electron chi connectivity index (χ2n) is 13.3. The van der Waals surface area contributed by atoms with Crippen LogP contribution in [0.3, 0.4) is 0 Å². The molecule has 1 saturated heterocycles. The molecule has 0 aromatic heterocycles. The Morgan fingerprint density at radius 2 is 1.02 bits per heavy atom. The molecule has 8 heteroatoms. The van der Waals surface area contributed by atoms with Crippen LogP contribution in [-0.4, -0.2) is 36.1 Å². The average Bonchev–Trinajstić information content (AvgIpc) is 3.20. The van der Waals surface area contributed by atoms with Crippen molar-refractivity contribution in [2.45, 2.75) is 63.2 Å². The molecule has 6 atom stereocenters.